The van der Waals surface area contributed by atoms with Crippen LogP contribution in [0.25, 0.3) is 0 Å². The van der Waals surface area contributed by atoms with Gasteiger partial charge in [-0.2, -0.15) is 13.2 Å². The molecule has 3 aliphatic heterocycles. The number of rotatable bonds is 4. The number of anilines is 1. The topological polar surface area (TPSA) is 51.2 Å². The predicted molar refractivity (Wildman–Crippen MR) is 119 cm³/mol. The van der Waals surface area contributed by atoms with E-state index < -0.39 is 11.7 Å². The molecule has 2 aromatic carbocycles. The Labute approximate surface area is 194 Å². The third kappa shape index (κ3) is 4.37. The summed E-state index contributed by atoms with van der Waals surface area (Å²) in [5, 5.41) is 2.90. The monoisotopic (exact) mass is 473 g/mol. The largest absolute Gasteiger partial charge is 0.416 e. The van der Waals surface area contributed by atoms with E-state index in [9.17, 15) is 22.4 Å². The lowest BCUT2D eigenvalue weighted by molar-refractivity contribution is -0.137. The normalized spacial score (nSPS) is 23.0. The lowest BCUT2D eigenvalue weighted by atomic mass is 9.96. The van der Waals surface area contributed by atoms with Crippen LogP contribution >= 0.6 is 0 Å². The summed E-state index contributed by atoms with van der Waals surface area (Å²) in [6, 6.07) is 10.9. The fourth-order valence-corrected chi connectivity index (χ4v) is 4.63. The average Bonchev–Trinajstić information content (AvgIpc) is 3.38. The molecule has 10 heteroatoms. The van der Waals surface area contributed by atoms with E-state index in [0.717, 1.165) is 24.2 Å². The van der Waals surface area contributed by atoms with Crippen molar-refractivity contribution in [3.05, 3.63) is 77.5 Å². The zero-order chi connectivity index (χ0) is 24.0. The molecule has 2 atom stereocenters. The van der Waals surface area contributed by atoms with Crippen molar-refractivity contribution in [1.29, 1.82) is 0 Å². The van der Waals surface area contributed by atoms with E-state index in [1.807, 2.05) is 0 Å². The number of likely N-dealkylation sites (tertiary alicyclic amines) is 1. The highest BCUT2D eigenvalue weighted by Gasteiger charge is 2.39. The Hall–Kier alpha value is -3.40. The Kier molecular flexibility index (Phi) is 5.55. The predicted octanol–water partition coefficient (Wildman–Crippen LogP) is 4.61. The summed E-state index contributed by atoms with van der Waals surface area (Å²) in [7, 11) is 0. The first-order valence-corrected chi connectivity index (χ1v) is 11.0. The smallest absolute Gasteiger partial charge is 0.326 e. The first kappa shape index (κ1) is 22.4. The maximum absolute atomic E-state index is 13.2. The number of fused-ring (bicyclic) bond motifs is 1. The Morgan fingerprint density at radius 2 is 1.76 bits per heavy atom. The Bertz CT molecular complexity index is 1140. The number of amidine groups is 1. The van der Waals surface area contributed by atoms with Crippen molar-refractivity contribution in [3.8, 4) is 0 Å². The number of hydrogen-bond acceptors (Lipinski definition) is 4. The fraction of sp³-hybridized carbons (Fsp3) is 0.333. The van der Waals surface area contributed by atoms with Crippen LogP contribution in [0.4, 0.5) is 28.0 Å². The lowest BCUT2D eigenvalue weighted by Gasteiger charge is -2.28. The minimum absolute atomic E-state index is 0.0209. The van der Waals surface area contributed by atoms with Crippen molar-refractivity contribution in [1.82, 2.24) is 15.1 Å². The van der Waals surface area contributed by atoms with Crippen LogP contribution < -0.4 is 10.2 Å². The van der Waals surface area contributed by atoms with E-state index in [1.54, 1.807) is 23.2 Å². The first-order valence-electron chi connectivity index (χ1n) is 11.0. The van der Waals surface area contributed by atoms with Gasteiger partial charge in [0.1, 0.15) is 18.3 Å². The number of hydrogen-bond donors (Lipinski definition) is 1. The second-order valence-corrected chi connectivity index (χ2v) is 8.90. The summed E-state index contributed by atoms with van der Waals surface area (Å²) in [6.07, 6.45) is -2.72. The second kappa shape index (κ2) is 8.43. The average molecular weight is 473 g/mol. The van der Waals surface area contributed by atoms with Crippen LogP contribution in [0, 0.1) is 17.7 Å². The Morgan fingerprint density at radius 1 is 1.06 bits per heavy atom. The van der Waals surface area contributed by atoms with E-state index in [0.29, 0.717) is 30.4 Å². The number of aliphatic imine (C=N–C) groups is 1. The lowest BCUT2D eigenvalue weighted by Crippen LogP contribution is -2.49. The molecular weight excluding hydrogens is 450 g/mol. The van der Waals surface area contributed by atoms with Gasteiger partial charge in [-0.05, 0) is 47.9 Å². The van der Waals surface area contributed by atoms with Crippen LogP contribution in [0.15, 0.2) is 65.5 Å². The fourth-order valence-electron chi connectivity index (χ4n) is 4.63. The highest BCUT2D eigenvalue weighted by molar-refractivity contribution is 6.02. The zero-order valence-corrected chi connectivity index (χ0v) is 18.4. The molecular formula is C24H23F4N5O. The van der Waals surface area contributed by atoms with Gasteiger partial charge in [-0.25, -0.2) is 14.2 Å². The van der Waals surface area contributed by atoms with Crippen molar-refractivity contribution < 1.29 is 22.4 Å². The van der Waals surface area contributed by atoms with Crippen LogP contribution in [0.2, 0.25) is 0 Å². The van der Waals surface area contributed by atoms with Crippen LogP contribution in [0.5, 0.6) is 0 Å². The van der Waals surface area contributed by atoms with Gasteiger partial charge in [-0.3, -0.25) is 15.1 Å². The van der Waals surface area contributed by atoms with E-state index >= 15 is 0 Å². The molecule has 6 nitrogen and oxygen atoms in total. The van der Waals surface area contributed by atoms with E-state index in [4.69, 9.17) is 0 Å². The summed E-state index contributed by atoms with van der Waals surface area (Å²) in [4.78, 5) is 22.9. The van der Waals surface area contributed by atoms with Crippen molar-refractivity contribution in [2.24, 2.45) is 16.8 Å². The van der Waals surface area contributed by atoms with Crippen molar-refractivity contribution in [3.63, 3.8) is 0 Å². The summed E-state index contributed by atoms with van der Waals surface area (Å²) in [5.74, 6) is 1.06. The van der Waals surface area contributed by atoms with E-state index in [1.165, 1.54) is 29.2 Å². The second-order valence-electron chi connectivity index (χ2n) is 8.90. The molecule has 34 heavy (non-hydrogen) atoms. The van der Waals surface area contributed by atoms with E-state index in [-0.39, 0.29) is 30.4 Å². The van der Waals surface area contributed by atoms with Crippen molar-refractivity contribution in [2.45, 2.75) is 19.6 Å². The SMILES string of the molecule is CC1CN(Cc2ccc(F)cc2)CC1C1=NC2=CN(c3ccc(C(F)(F)F)cc3)CN2C(=O)N1. The number of urea groups is 1. The molecule has 5 rings (SSSR count). The quantitative estimate of drug-likeness (QED) is 0.660. The molecule has 2 amide bonds. The van der Waals surface area contributed by atoms with Gasteiger partial charge in [0.15, 0.2) is 5.82 Å². The molecule has 0 radical (unpaired) electrons. The van der Waals surface area contributed by atoms with Gasteiger partial charge < -0.3 is 4.90 Å². The molecule has 2 aromatic rings. The number of carbonyl (C=O) groups is 1. The van der Waals surface area contributed by atoms with Gasteiger partial charge in [0.25, 0.3) is 0 Å². The standard InChI is InChI=1S/C24H23F4N5O/c1-15-10-31(11-16-2-6-18(25)7-3-16)12-20(15)22-29-21-13-32(14-33(21)23(34)30-22)19-8-4-17(5-9-19)24(26,27)28/h2-9,13,15,20H,10-12,14H2,1H3,(H,29,30,34). The van der Waals surface area contributed by atoms with Crippen molar-refractivity contribution in [2.75, 3.05) is 24.7 Å². The number of halogens is 4. The van der Waals surface area contributed by atoms with Gasteiger partial charge in [-0.1, -0.05) is 19.1 Å². The van der Waals surface area contributed by atoms with E-state index in [2.05, 4.69) is 22.1 Å². The molecule has 1 N–H and O–H groups in total. The van der Waals surface area contributed by atoms with Crippen LogP contribution in [0.1, 0.15) is 18.1 Å². The molecule has 3 heterocycles. The number of amides is 2. The van der Waals surface area contributed by atoms with Gasteiger partial charge >= 0.3 is 12.2 Å². The number of nitrogens with zero attached hydrogens (tertiary/aromatic N) is 4. The summed E-state index contributed by atoms with van der Waals surface area (Å²) in [5.41, 5.74) is 0.833. The van der Waals surface area contributed by atoms with Crippen LogP contribution in [0.3, 0.4) is 0 Å². The van der Waals surface area contributed by atoms with Gasteiger partial charge in [0.05, 0.1) is 5.56 Å². The van der Waals surface area contributed by atoms with Crippen LogP contribution in [-0.4, -0.2) is 41.4 Å². The molecule has 0 spiro atoms. The Balaban J connectivity index is 1.31. The third-order valence-corrected chi connectivity index (χ3v) is 6.44. The number of carbonyl (C=O) groups excluding carboxylic acids is 1. The molecule has 0 aromatic heterocycles. The molecule has 178 valence electrons. The molecule has 1 fully saturated rings. The highest BCUT2D eigenvalue weighted by Crippen LogP contribution is 2.33. The summed E-state index contributed by atoms with van der Waals surface area (Å²) in [6.45, 7) is 4.47. The van der Waals surface area contributed by atoms with Crippen molar-refractivity contribution >= 4 is 17.6 Å². The first-order chi connectivity index (χ1) is 16.2. The number of nitrogens with one attached hydrogen (secondary N) is 1. The highest BCUT2D eigenvalue weighted by atomic mass is 19.4. The molecule has 0 aliphatic carbocycles. The molecule has 1 saturated heterocycles. The summed E-state index contributed by atoms with van der Waals surface area (Å²) < 4.78 is 51.7. The summed E-state index contributed by atoms with van der Waals surface area (Å²) >= 11 is 0. The molecule has 2 unspecified atom stereocenters. The number of alkyl halides is 3. The zero-order valence-electron chi connectivity index (χ0n) is 18.4. The maximum Gasteiger partial charge on any atom is 0.416 e. The minimum atomic E-state index is -4.40. The maximum atomic E-state index is 13.2. The third-order valence-electron chi connectivity index (χ3n) is 6.44. The van der Waals surface area contributed by atoms with Gasteiger partial charge in [-0.15, -0.1) is 0 Å². The van der Waals surface area contributed by atoms with Crippen LogP contribution in [-0.2, 0) is 12.7 Å². The van der Waals surface area contributed by atoms with Gasteiger partial charge in [0, 0.05) is 37.4 Å². The Morgan fingerprint density at radius 3 is 2.44 bits per heavy atom. The number of benzene rings is 2. The minimum Gasteiger partial charge on any atom is -0.326 e. The molecule has 3 aliphatic rings. The van der Waals surface area contributed by atoms with Gasteiger partial charge in [0.2, 0.25) is 0 Å². The molecule has 0 bridgehead atoms. The molecule has 0 saturated carbocycles.